The first-order valence-electron chi connectivity index (χ1n) is 20.3. The van der Waals surface area contributed by atoms with Crippen LogP contribution < -0.4 is 18.9 Å². The Labute approximate surface area is 330 Å². The summed E-state index contributed by atoms with van der Waals surface area (Å²) in [4.78, 5) is 25.8. The van der Waals surface area contributed by atoms with Crippen LogP contribution in [0.15, 0.2) is 60.7 Å². The lowest BCUT2D eigenvalue weighted by Gasteiger charge is -2.35. The lowest BCUT2D eigenvalue weighted by atomic mass is 9.92. The van der Waals surface area contributed by atoms with Gasteiger partial charge in [-0.2, -0.15) is 0 Å². The average Bonchev–Trinajstić information content (AvgIpc) is 3.19. The van der Waals surface area contributed by atoms with Crippen molar-refractivity contribution >= 4 is 11.8 Å². The minimum absolute atomic E-state index is 0.0599. The molecule has 0 aliphatic carbocycles. The van der Waals surface area contributed by atoms with Crippen molar-refractivity contribution in [1.29, 1.82) is 0 Å². The predicted octanol–water partition coefficient (Wildman–Crippen LogP) is 9.73. The van der Waals surface area contributed by atoms with Gasteiger partial charge in [0.2, 0.25) is 5.78 Å². The molecule has 0 aromatic heterocycles. The molecular formula is C45H58O11. The maximum absolute atomic E-state index is 13.0. The van der Waals surface area contributed by atoms with Crippen molar-refractivity contribution in [2.24, 2.45) is 0 Å². The van der Waals surface area contributed by atoms with E-state index in [1.54, 1.807) is 30.3 Å². The topological polar surface area (TPSA) is 161 Å². The fraction of sp³-hybridized carbons (Fsp3) is 0.511. The molecule has 0 amide bonds. The van der Waals surface area contributed by atoms with Gasteiger partial charge in [0.25, 0.3) is 0 Å². The minimum Gasteiger partial charge on any atom is -0.508 e. The first kappa shape index (κ1) is 42.2. The number of benzene rings is 3. The number of ketones is 1. The molecule has 2 heterocycles. The highest BCUT2D eigenvalue weighted by molar-refractivity contribution is 6.05. The summed E-state index contributed by atoms with van der Waals surface area (Å²) in [6.45, 7) is 2.16. The Bertz CT molecular complexity index is 1770. The fourth-order valence-corrected chi connectivity index (χ4v) is 7.21. The number of aliphatic hydroxyl groups is 1. The van der Waals surface area contributed by atoms with Crippen molar-refractivity contribution in [1.82, 2.24) is 0 Å². The van der Waals surface area contributed by atoms with E-state index in [1.165, 1.54) is 83.5 Å². The highest BCUT2D eigenvalue weighted by Crippen LogP contribution is 2.46. The molecule has 304 valence electrons. The van der Waals surface area contributed by atoms with Crippen LogP contribution >= 0.6 is 0 Å². The van der Waals surface area contributed by atoms with Crippen LogP contribution in [0.25, 0.3) is 0 Å². The summed E-state index contributed by atoms with van der Waals surface area (Å²) in [5.41, 5.74) is 0.746. The third-order valence-electron chi connectivity index (χ3n) is 10.4. The standard InChI is InChI=1S/C45H58O11/c1-3-4-5-6-7-8-9-10-11-12-13-14-15-16-17-18-19-20-40(49)53-29-39-44(30-21-23-33(47)36(25-30)52-2)55-37-26-31(22-24-35(37)54-39)45-43(51)42(50)41-34(48)27-32(46)28-38(41)56-45/h10-11,21-28,39,43-48,51H,3-9,12-20,29H2,1-2H3/b11-10-/t39?,43-,44?,45+/m0/s1. The number of hydrogen-bond acceptors (Lipinski definition) is 11. The van der Waals surface area contributed by atoms with E-state index in [9.17, 15) is 30.0 Å². The second kappa shape index (κ2) is 21.4. The van der Waals surface area contributed by atoms with Gasteiger partial charge in [0.05, 0.1) is 7.11 Å². The first-order chi connectivity index (χ1) is 27.2. The van der Waals surface area contributed by atoms with Gasteiger partial charge in [-0.15, -0.1) is 0 Å². The Kier molecular flexibility index (Phi) is 16.2. The molecule has 4 atom stereocenters. The van der Waals surface area contributed by atoms with Crippen LogP contribution in [-0.2, 0) is 9.53 Å². The number of methoxy groups -OCH3 is 1. The van der Waals surface area contributed by atoms with Crippen molar-refractivity contribution in [3.8, 4) is 40.2 Å². The molecular weight excluding hydrogens is 716 g/mol. The molecule has 2 aliphatic heterocycles. The first-order valence-corrected chi connectivity index (χ1v) is 20.3. The van der Waals surface area contributed by atoms with Gasteiger partial charge in [0.15, 0.2) is 47.4 Å². The number of unbranched alkanes of at least 4 members (excludes halogenated alkanes) is 13. The highest BCUT2D eigenvalue weighted by atomic mass is 16.6. The molecule has 3 aromatic rings. The number of aliphatic hydroxyl groups excluding tert-OH is 1. The molecule has 5 rings (SSSR count). The van der Waals surface area contributed by atoms with E-state index in [4.69, 9.17) is 23.7 Å². The third kappa shape index (κ3) is 11.6. The number of rotatable bonds is 22. The predicted molar refractivity (Wildman–Crippen MR) is 212 cm³/mol. The van der Waals surface area contributed by atoms with E-state index in [-0.39, 0.29) is 46.9 Å². The number of carbonyl (C=O) groups is 2. The van der Waals surface area contributed by atoms with E-state index in [0.29, 0.717) is 23.3 Å². The van der Waals surface area contributed by atoms with Crippen molar-refractivity contribution in [2.75, 3.05) is 13.7 Å². The lowest BCUT2D eigenvalue weighted by Crippen LogP contribution is -2.38. The smallest absolute Gasteiger partial charge is 0.305 e. The molecule has 2 aliphatic rings. The molecule has 11 nitrogen and oxygen atoms in total. The zero-order valence-corrected chi connectivity index (χ0v) is 32.8. The zero-order chi connectivity index (χ0) is 39.9. The molecule has 2 unspecified atom stereocenters. The van der Waals surface area contributed by atoms with Crippen LogP contribution in [0.4, 0.5) is 0 Å². The quantitative estimate of drug-likeness (QED) is 0.0437. The molecule has 0 bridgehead atoms. The number of esters is 1. The van der Waals surface area contributed by atoms with Crippen molar-refractivity contribution in [3.05, 3.63) is 77.4 Å². The van der Waals surface area contributed by atoms with Crippen LogP contribution in [0.2, 0.25) is 0 Å². The summed E-state index contributed by atoms with van der Waals surface area (Å²) in [7, 11) is 1.43. The molecule has 0 radical (unpaired) electrons. The number of ether oxygens (including phenoxy) is 5. The van der Waals surface area contributed by atoms with Crippen LogP contribution in [-0.4, -0.2) is 58.1 Å². The van der Waals surface area contributed by atoms with Crippen molar-refractivity contribution < 1.29 is 53.7 Å². The van der Waals surface area contributed by atoms with Gasteiger partial charge >= 0.3 is 5.97 Å². The highest BCUT2D eigenvalue weighted by Gasteiger charge is 2.41. The Balaban J connectivity index is 1.10. The van der Waals surface area contributed by atoms with Crippen molar-refractivity contribution in [3.63, 3.8) is 0 Å². The lowest BCUT2D eigenvalue weighted by molar-refractivity contribution is -0.148. The minimum atomic E-state index is -1.65. The second-order valence-corrected chi connectivity index (χ2v) is 14.7. The Morgan fingerprint density at radius 3 is 2.02 bits per heavy atom. The number of Topliss-reactive ketones (excluding diaryl/α,β-unsaturated/α-hetero) is 1. The van der Waals surface area contributed by atoms with Gasteiger partial charge in [-0.3, -0.25) is 9.59 Å². The van der Waals surface area contributed by atoms with Crippen LogP contribution in [0.5, 0.6) is 40.2 Å². The zero-order valence-electron chi connectivity index (χ0n) is 32.8. The van der Waals surface area contributed by atoms with Gasteiger partial charge < -0.3 is 44.1 Å². The summed E-state index contributed by atoms with van der Waals surface area (Å²) < 4.78 is 29.7. The number of phenolic OH excluding ortho intramolecular Hbond substituents is 3. The Morgan fingerprint density at radius 1 is 0.696 bits per heavy atom. The van der Waals surface area contributed by atoms with Crippen LogP contribution in [0, 0.1) is 0 Å². The van der Waals surface area contributed by atoms with Crippen LogP contribution in [0.3, 0.4) is 0 Å². The van der Waals surface area contributed by atoms with Gasteiger partial charge in [-0.25, -0.2) is 0 Å². The van der Waals surface area contributed by atoms with Gasteiger partial charge in [0, 0.05) is 24.1 Å². The average molecular weight is 775 g/mol. The largest absolute Gasteiger partial charge is 0.508 e. The number of carbonyl (C=O) groups excluding carboxylic acids is 2. The van der Waals surface area contributed by atoms with E-state index >= 15 is 0 Å². The number of aromatic hydroxyl groups is 3. The molecule has 0 saturated carbocycles. The molecule has 11 heteroatoms. The SMILES string of the molecule is CCCCCCCC/C=C\CCCCCCCCCC(=O)OCC1Oc2ccc([C@H]3Oc4cc(O)cc(O)c4C(=O)[C@@H]3O)cc2OC1c1ccc(O)c(OC)c1. The number of phenols is 3. The fourth-order valence-electron chi connectivity index (χ4n) is 7.21. The summed E-state index contributed by atoms with van der Waals surface area (Å²) in [6, 6.07) is 11.7. The van der Waals surface area contributed by atoms with E-state index < -0.39 is 35.9 Å². The second-order valence-electron chi connectivity index (χ2n) is 14.7. The van der Waals surface area contributed by atoms with Gasteiger partial charge in [-0.05, 0) is 61.9 Å². The molecule has 3 aromatic carbocycles. The summed E-state index contributed by atoms with van der Waals surface area (Å²) in [6.07, 6.45) is 18.6. The number of hydrogen-bond donors (Lipinski definition) is 4. The normalized spacial score (nSPS) is 18.7. The summed E-state index contributed by atoms with van der Waals surface area (Å²) in [5.74, 6) is -1.17. The van der Waals surface area contributed by atoms with E-state index in [2.05, 4.69) is 19.1 Å². The maximum Gasteiger partial charge on any atom is 0.305 e. The van der Waals surface area contributed by atoms with Gasteiger partial charge in [0.1, 0.15) is 29.4 Å². The molecule has 0 fully saturated rings. The Hall–Kier alpha value is -4.90. The third-order valence-corrected chi connectivity index (χ3v) is 10.4. The van der Waals surface area contributed by atoms with E-state index in [0.717, 1.165) is 38.2 Å². The summed E-state index contributed by atoms with van der Waals surface area (Å²) in [5, 5.41) is 41.3. The molecule has 0 saturated heterocycles. The number of fused-ring (bicyclic) bond motifs is 2. The van der Waals surface area contributed by atoms with Gasteiger partial charge in [-0.1, -0.05) is 95.4 Å². The monoisotopic (exact) mass is 774 g/mol. The molecule has 56 heavy (non-hydrogen) atoms. The van der Waals surface area contributed by atoms with E-state index in [1.807, 2.05) is 0 Å². The Morgan fingerprint density at radius 2 is 1.32 bits per heavy atom. The maximum atomic E-state index is 13.0. The van der Waals surface area contributed by atoms with Crippen molar-refractivity contribution in [2.45, 2.75) is 134 Å². The number of allylic oxidation sites excluding steroid dienone is 2. The summed E-state index contributed by atoms with van der Waals surface area (Å²) >= 11 is 0. The molecule has 4 N–H and O–H groups in total. The van der Waals surface area contributed by atoms with Crippen LogP contribution in [0.1, 0.15) is 143 Å². The molecule has 0 spiro atoms.